The lowest BCUT2D eigenvalue weighted by Crippen LogP contribution is -2.64. The number of allylic oxidation sites excluding steroid dienone is 10. The summed E-state index contributed by atoms with van der Waals surface area (Å²) in [4.78, 5) is 54.4. The third-order valence-corrected chi connectivity index (χ3v) is 12.7. The van der Waals surface area contributed by atoms with Crippen molar-refractivity contribution in [1.29, 1.82) is 0 Å². The molecule has 0 radical (unpaired) electrons. The molecule has 19 heteroatoms. The summed E-state index contributed by atoms with van der Waals surface area (Å²) in [6, 6.07) is 0. The highest BCUT2D eigenvalue weighted by Gasteiger charge is 2.54. The van der Waals surface area contributed by atoms with E-state index in [1.165, 1.54) is 57.8 Å². The molecule has 7 unspecified atom stereocenters. The molecule has 0 aromatic carbocycles. The van der Waals surface area contributed by atoms with Crippen LogP contribution in [-0.4, -0.2) is 115 Å². The first-order valence-electron chi connectivity index (χ1n) is 24.6. The molecule has 1 aliphatic heterocycles. The van der Waals surface area contributed by atoms with Gasteiger partial charge in [-0.1, -0.05) is 132 Å². The Bertz CT molecular complexity index is 1660. The first kappa shape index (κ1) is 61.5. The van der Waals surface area contributed by atoms with Crippen molar-refractivity contribution in [1.82, 2.24) is 0 Å². The van der Waals surface area contributed by atoms with E-state index in [0.29, 0.717) is 25.7 Å². The second-order valence-electron chi connectivity index (χ2n) is 17.2. The van der Waals surface area contributed by atoms with Crippen LogP contribution in [-0.2, 0) is 46.5 Å². The third kappa shape index (κ3) is 29.6. The van der Waals surface area contributed by atoms with Gasteiger partial charge in [-0.25, -0.2) is 9.13 Å². The minimum absolute atomic E-state index is 0.0305. The Labute approximate surface area is 404 Å². The monoisotopic (exact) mass is 1000 g/mol. The summed E-state index contributed by atoms with van der Waals surface area (Å²) in [7, 11) is -10.7. The van der Waals surface area contributed by atoms with Gasteiger partial charge in [0, 0.05) is 12.8 Å². The zero-order valence-corrected chi connectivity index (χ0v) is 42.0. The zero-order chi connectivity index (χ0) is 50.0. The summed E-state index contributed by atoms with van der Waals surface area (Å²) in [6.45, 7) is 2.97. The van der Waals surface area contributed by atoms with Crippen molar-refractivity contribution >= 4 is 27.6 Å². The smallest absolute Gasteiger partial charge is 0.462 e. The number of hydrogen-bond acceptors (Lipinski definition) is 14. The first-order chi connectivity index (χ1) is 32.6. The lowest BCUT2D eigenvalue weighted by molar-refractivity contribution is -0.216. The van der Waals surface area contributed by atoms with Gasteiger partial charge in [-0.3, -0.25) is 23.2 Å². The van der Waals surface area contributed by atoms with E-state index in [2.05, 4.69) is 67.0 Å². The van der Waals surface area contributed by atoms with E-state index in [0.717, 1.165) is 44.9 Å². The van der Waals surface area contributed by atoms with Crippen molar-refractivity contribution in [2.24, 2.45) is 0 Å². The number of phosphoric acid groups is 2. The summed E-state index contributed by atoms with van der Waals surface area (Å²) >= 11 is 0. The maximum Gasteiger partial charge on any atom is 0.472 e. The molecule has 2 aliphatic rings. The number of phosphoric ester groups is 2. The quantitative estimate of drug-likeness (QED) is 0.00998. The van der Waals surface area contributed by atoms with E-state index >= 15 is 0 Å². The Hall–Kier alpha value is -2.60. The number of carbonyl (C=O) groups is 2. The average molecular weight is 1010 g/mol. The van der Waals surface area contributed by atoms with E-state index in [-0.39, 0.29) is 25.0 Å². The highest BCUT2D eigenvalue weighted by Crippen LogP contribution is 2.49. The number of carbonyl (C=O) groups excluding carboxylic acids is 2. The zero-order valence-electron chi connectivity index (χ0n) is 40.2. The number of hydrogen-bond donors (Lipinski definition) is 7. The van der Waals surface area contributed by atoms with Gasteiger partial charge in [0.1, 0.15) is 43.2 Å². The van der Waals surface area contributed by atoms with Crippen molar-refractivity contribution in [3.8, 4) is 0 Å². The molecule has 17 nitrogen and oxygen atoms in total. The number of aliphatic hydroxyl groups is 4. The maximum absolute atomic E-state index is 13.0. The predicted molar refractivity (Wildman–Crippen MR) is 259 cm³/mol. The van der Waals surface area contributed by atoms with Gasteiger partial charge in [-0.05, 0) is 83.5 Å². The molecule has 68 heavy (non-hydrogen) atoms. The Morgan fingerprint density at radius 2 is 0.971 bits per heavy atom. The molecular formula is C49H82O17P2. The number of unbranched alkanes of at least 4 members (excludes halogenated alkanes) is 11. The molecule has 1 aliphatic carbocycles. The maximum atomic E-state index is 13.0. The number of rotatable bonds is 39. The Balaban J connectivity index is 1.84. The minimum atomic E-state index is -5.38. The number of esters is 2. The predicted octanol–water partition coefficient (Wildman–Crippen LogP) is 8.61. The van der Waals surface area contributed by atoms with Crippen LogP contribution in [0.4, 0.5) is 0 Å². The summed E-state index contributed by atoms with van der Waals surface area (Å²) < 4.78 is 55.1. The Morgan fingerprint density at radius 3 is 1.54 bits per heavy atom. The summed E-state index contributed by atoms with van der Waals surface area (Å²) in [5.74, 6) is -1.35. The van der Waals surface area contributed by atoms with Gasteiger partial charge in [0.2, 0.25) is 0 Å². The van der Waals surface area contributed by atoms with Crippen LogP contribution in [0.1, 0.15) is 155 Å². The number of ether oxygens (including phenoxy) is 3. The van der Waals surface area contributed by atoms with Gasteiger partial charge >= 0.3 is 27.6 Å². The van der Waals surface area contributed by atoms with Gasteiger partial charge in [-0.2, -0.15) is 0 Å². The Morgan fingerprint density at radius 1 is 0.529 bits per heavy atom. The number of aliphatic hydroxyl groups excluding tert-OH is 4. The van der Waals surface area contributed by atoms with Crippen LogP contribution >= 0.6 is 15.6 Å². The molecule has 0 aromatic heterocycles. The fourth-order valence-corrected chi connectivity index (χ4v) is 8.73. The van der Waals surface area contributed by atoms with Crippen LogP contribution in [0.2, 0.25) is 0 Å². The van der Waals surface area contributed by atoms with E-state index in [1.54, 1.807) is 0 Å². The molecule has 0 aromatic rings. The van der Waals surface area contributed by atoms with Gasteiger partial charge < -0.3 is 49.3 Å². The van der Waals surface area contributed by atoms with Crippen LogP contribution in [0.25, 0.3) is 0 Å². The summed E-state index contributed by atoms with van der Waals surface area (Å²) in [5.41, 5.74) is 0. The van der Waals surface area contributed by atoms with Gasteiger partial charge in [-0.15, -0.1) is 0 Å². The molecule has 390 valence electrons. The van der Waals surface area contributed by atoms with Crippen molar-refractivity contribution < 1.29 is 81.6 Å². The normalized spacial score (nSPS) is 24.8. The first-order valence-corrected chi connectivity index (χ1v) is 27.6. The lowest BCUT2D eigenvalue weighted by Gasteiger charge is -2.43. The van der Waals surface area contributed by atoms with E-state index in [1.807, 2.05) is 24.3 Å². The van der Waals surface area contributed by atoms with E-state index in [9.17, 15) is 53.8 Å². The number of epoxide rings is 1. The SMILES string of the molecule is CCCCC/C=C\C/C=C\CC1OC1C/C=C\CCCC(=O)O[C@H](COC(=O)CCC/C=C\C/C=C\C/C=C\CCCCCCCC)COP(=O)(O)O[C@H]1C(O)C(O)C(O)[C@@H](OP(=O)(O)O)C1O. The van der Waals surface area contributed by atoms with Crippen LogP contribution in [0.5, 0.6) is 0 Å². The molecule has 2 rings (SSSR count). The second kappa shape index (κ2) is 36.3. The summed E-state index contributed by atoms with van der Waals surface area (Å²) in [6.07, 6.45) is 30.3. The van der Waals surface area contributed by atoms with Crippen LogP contribution in [0, 0.1) is 0 Å². The molecule has 0 amide bonds. The van der Waals surface area contributed by atoms with Crippen molar-refractivity contribution in [3.63, 3.8) is 0 Å². The van der Waals surface area contributed by atoms with E-state index in [4.69, 9.17) is 23.3 Å². The fraction of sp³-hybridized carbons (Fsp3) is 0.714. The van der Waals surface area contributed by atoms with Crippen LogP contribution < -0.4 is 0 Å². The van der Waals surface area contributed by atoms with Gasteiger partial charge in [0.15, 0.2) is 6.10 Å². The molecule has 10 atom stereocenters. The molecule has 1 heterocycles. The average Bonchev–Trinajstić information content (AvgIpc) is 4.05. The molecule has 0 bridgehead atoms. The molecule has 7 N–H and O–H groups in total. The van der Waals surface area contributed by atoms with Crippen LogP contribution in [0.3, 0.4) is 0 Å². The summed E-state index contributed by atoms with van der Waals surface area (Å²) in [5, 5.41) is 41.3. The fourth-order valence-electron chi connectivity index (χ4n) is 7.19. The Kier molecular flexibility index (Phi) is 32.9. The van der Waals surface area contributed by atoms with E-state index < -0.39 is 83.5 Å². The molecule has 1 saturated heterocycles. The molecule has 2 fully saturated rings. The third-order valence-electron chi connectivity index (χ3n) is 11.2. The second-order valence-corrected chi connectivity index (χ2v) is 19.8. The van der Waals surface area contributed by atoms with Gasteiger partial charge in [0.05, 0.1) is 18.8 Å². The standard InChI is InChI=1S/C49H82O17P2/c1-3-5-7-9-11-13-14-15-16-17-18-19-20-22-24-26-31-35-42(50)61-37-39(38-62-68(59,60)66-49-46(54)44(52)45(53)48(47(49)55)65-67(56,57)58)63-43(51)36-32-28-27-30-34-41-40(64-41)33-29-25-23-21-12-10-8-6-4-2/h12,15-16,18-19,21-22,24-25,27,29-30,39-41,44-49,52-55H,3-11,13-14,17,20,23,26,28,31-38H2,1-2H3,(H,59,60)(H2,56,57,58)/b16-15-,19-18-,21-12-,24-22-,29-25-,30-27-/t39-,40?,41?,44?,45?,46?,47?,48-,49+/m1/s1. The topological polar surface area (TPSA) is 269 Å². The highest BCUT2D eigenvalue weighted by atomic mass is 31.2. The molecular weight excluding hydrogens is 922 g/mol. The lowest BCUT2D eigenvalue weighted by atomic mass is 9.85. The van der Waals surface area contributed by atoms with Crippen molar-refractivity contribution in [2.45, 2.75) is 210 Å². The van der Waals surface area contributed by atoms with Crippen molar-refractivity contribution in [2.75, 3.05) is 13.2 Å². The highest BCUT2D eigenvalue weighted by molar-refractivity contribution is 7.47. The molecule has 0 spiro atoms. The van der Waals surface area contributed by atoms with Gasteiger partial charge in [0.25, 0.3) is 0 Å². The van der Waals surface area contributed by atoms with Crippen molar-refractivity contribution in [3.05, 3.63) is 72.9 Å². The largest absolute Gasteiger partial charge is 0.472 e. The van der Waals surface area contributed by atoms with Crippen LogP contribution in [0.15, 0.2) is 72.9 Å². The molecule has 1 saturated carbocycles. The minimum Gasteiger partial charge on any atom is -0.462 e.